The SMILES string of the molecule is CNCC1OCCc2c(-c3ccncn3)cccc21. The Balaban J connectivity index is 2.06. The van der Waals surface area contributed by atoms with Gasteiger partial charge in [-0.25, -0.2) is 9.97 Å². The Labute approximate surface area is 112 Å². The van der Waals surface area contributed by atoms with Crippen molar-refractivity contribution in [3.05, 3.63) is 47.9 Å². The van der Waals surface area contributed by atoms with Crippen LogP contribution in [-0.2, 0) is 11.2 Å². The van der Waals surface area contributed by atoms with Crippen LogP contribution >= 0.6 is 0 Å². The van der Waals surface area contributed by atoms with Gasteiger partial charge >= 0.3 is 0 Å². The molecule has 0 amide bonds. The molecule has 1 aliphatic rings. The summed E-state index contributed by atoms with van der Waals surface area (Å²) < 4.78 is 5.84. The number of aromatic nitrogens is 2. The largest absolute Gasteiger partial charge is 0.372 e. The fraction of sp³-hybridized carbons (Fsp3) is 0.333. The topological polar surface area (TPSA) is 47.0 Å². The predicted octanol–water partition coefficient (Wildman–Crippen LogP) is 1.98. The summed E-state index contributed by atoms with van der Waals surface area (Å²) in [5.41, 5.74) is 4.81. The van der Waals surface area contributed by atoms with E-state index in [1.165, 1.54) is 16.7 Å². The summed E-state index contributed by atoms with van der Waals surface area (Å²) in [6.07, 6.45) is 4.46. The molecule has 1 aromatic carbocycles. The molecular formula is C15H17N3O. The lowest BCUT2D eigenvalue weighted by atomic mass is 9.91. The highest BCUT2D eigenvalue weighted by atomic mass is 16.5. The molecule has 0 saturated carbocycles. The standard InChI is InChI=1S/C15H17N3O/c1-16-9-15-13-4-2-3-12(11(13)6-8-19-15)14-5-7-17-10-18-14/h2-5,7,10,15-16H,6,8-9H2,1H3. The Morgan fingerprint density at radius 3 is 3.11 bits per heavy atom. The zero-order valence-corrected chi connectivity index (χ0v) is 11.0. The molecule has 19 heavy (non-hydrogen) atoms. The van der Waals surface area contributed by atoms with Crippen LogP contribution in [0.2, 0.25) is 0 Å². The fourth-order valence-electron chi connectivity index (χ4n) is 2.62. The molecule has 0 spiro atoms. The minimum atomic E-state index is 0.135. The molecule has 2 aromatic rings. The number of hydrogen-bond donors (Lipinski definition) is 1. The number of benzene rings is 1. The van der Waals surface area contributed by atoms with Crippen molar-refractivity contribution in [2.24, 2.45) is 0 Å². The van der Waals surface area contributed by atoms with E-state index in [-0.39, 0.29) is 6.10 Å². The molecule has 3 rings (SSSR count). The first-order valence-electron chi connectivity index (χ1n) is 6.54. The quantitative estimate of drug-likeness (QED) is 0.911. The minimum absolute atomic E-state index is 0.135. The lowest BCUT2D eigenvalue weighted by molar-refractivity contribution is 0.0440. The predicted molar refractivity (Wildman–Crippen MR) is 73.8 cm³/mol. The highest BCUT2D eigenvalue weighted by Crippen LogP contribution is 2.33. The van der Waals surface area contributed by atoms with E-state index in [0.717, 1.165) is 25.3 Å². The number of ether oxygens (including phenoxy) is 1. The van der Waals surface area contributed by atoms with E-state index < -0.39 is 0 Å². The second kappa shape index (κ2) is 5.47. The normalized spacial score (nSPS) is 18.1. The molecule has 0 fully saturated rings. The maximum Gasteiger partial charge on any atom is 0.116 e. The summed E-state index contributed by atoms with van der Waals surface area (Å²) in [5.74, 6) is 0. The average Bonchev–Trinajstić information content (AvgIpc) is 2.48. The molecule has 98 valence electrons. The van der Waals surface area contributed by atoms with Gasteiger partial charge in [-0.2, -0.15) is 0 Å². The van der Waals surface area contributed by atoms with Crippen molar-refractivity contribution in [2.75, 3.05) is 20.2 Å². The Kier molecular flexibility index (Phi) is 3.53. The van der Waals surface area contributed by atoms with Crippen molar-refractivity contribution in [3.8, 4) is 11.3 Å². The van der Waals surface area contributed by atoms with Crippen LogP contribution in [0.4, 0.5) is 0 Å². The van der Waals surface area contributed by atoms with E-state index in [1.54, 1.807) is 12.5 Å². The smallest absolute Gasteiger partial charge is 0.116 e. The molecule has 0 bridgehead atoms. The molecule has 1 unspecified atom stereocenters. The monoisotopic (exact) mass is 255 g/mol. The molecule has 1 aromatic heterocycles. The molecule has 1 N–H and O–H groups in total. The molecule has 1 atom stereocenters. The second-order valence-electron chi connectivity index (χ2n) is 4.64. The highest BCUT2D eigenvalue weighted by Gasteiger charge is 2.22. The van der Waals surface area contributed by atoms with Crippen LogP contribution in [0.15, 0.2) is 36.8 Å². The summed E-state index contributed by atoms with van der Waals surface area (Å²) in [4.78, 5) is 8.34. The van der Waals surface area contributed by atoms with Gasteiger partial charge < -0.3 is 10.1 Å². The number of likely N-dealkylation sites (N-methyl/N-ethyl adjacent to an activating group) is 1. The van der Waals surface area contributed by atoms with Gasteiger partial charge in [-0.15, -0.1) is 0 Å². The van der Waals surface area contributed by atoms with Gasteiger partial charge in [0.05, 0.1) is 18.4 Å². The maximum absolute atomic E-state index is 5.84. The van der Waals surface area contributed by atoms with E-state index in [0.29, 0.717) is 0 Å². The Morgan fingerprint density at radius 1 is 1.37 bits per heavy atom. The van der Waals surface area contributed by atoms with E-state index in [1.807, 2.05) is 13.1 Å². The summed E-state index contributed by atoms with van der Waals surface area (Å²) >= 11 is 0. The van der Waals surface area contributed by atoms with Crippen molar-refractivity contribution in [2.45, 2.75) is 12.5 Å². The van der Waals surface area contributed by atoms with Crippen LogP contribution in [-0.4, -0.2) is 30.2 Å². The van der Waals surface area contributed by atoms with Crippen LogP contribution in [0.25, 0.3) is 11.3 Å². The van der Waals surface area contributed by atoms with Gasteiger partial charge in [-0.05, 0) is 30.7 Å². The van der Waals surface area contributed by atoms with Gasteiger partial charge in [0.1, 0.15) is 6.33 Å². The summed E-state index contributed by atoms with van der Waals surface area (Å²) in [6.45, 7) is 1.60. The highest BCUT2D eigenvalue weighted by molar-refractivity contribution is 5.65. The van der Waals surface area contributed by atoms with Crippen LogP contribution < -0.4 is 5.32 Å². The molecule has 4 nitrogen and oxygen atoms in total. The Morgan fingerprint density at radius 2 is 2.32 bits per heavy atom. The second-order valence-corrected chi connectivity index (χ2v) is 4.64. The lowest BCUT2D eigenvalue weighted by Gasteiger charge is -2.27. The van der Waals surface area contributed by atoms with Crippen LogP contribution in [0, 0.1) is 0 Å². The van der Waals surface area contributed by atoms with Gasteiger partial charge in [-0.1, -0.05) is 18.2 Å². The average molecular weight is 255 g/mol. The first-order chi connectivity index (χ1) is 9.40. The third kappa shape index (κ3) is 2.37. The zero-order chi connectivity index (χ0) is 13.1. The summed E-state index contributed by atoms with van der Waals surface area (Å²) in [6, 6.07) is 8.32. The first-order valence-corrected chi connectivity index (χ1v) is 6.54. The van der Waals surface area contributed by atoms with E-state index in [4.69, 9.17) is 4.74 Å². The van der Waals surface area contributed by atoms with Crippen LogP contribution in [0.3, 0.4) is 0 Å². The number of fused-ring (bicyclic) bond motifs is 1. The number of nitrogens with zero attached hydrogens (tertiary/aromatic N) is 2. The lowest BCUT2D eigenvalue weighted by Crippen LogP contribution is -2.25. The third-order valence-corrected chi connectivity index (χ3v) is 3.48. The van der Waals surface area contributed by atoms with E-state index in [9.17, 15) is 0 Å². The number of hydrogen-bond acceptors (Lipinski definition) is 4. The zero-order valence-electron chi connectivity index (χ0n) is 11.0. The van der Waals surface area contributed by atoms with E-state index in [2.05, 4.69) is 33.5 Å². The van der Waals surface area contributed by atoms with Crippen molar-refractivity contribution in [1.29, 1.82) is 0 Å². The molecular weight excluding hydrogens is 238 g/mol. The van der Waals surface area contributed by atoms with Crippen LogP contribution in [0.1, 0.15) is 17.2 Å². The molecule has 0 saturated heterocycles. The maximum atomic E-state index is 5.84. The molecule has 1 aliphatic heterocycles. The molecule has 0 aliphatic carbocycles. The van der Waals surface area contributed by atoms with Crippen molar-refractivity contribution in [3.63, 3.8) is 0 Å². The van der Waals surface area contributed by atoms with Gasteiger partial charge in [-0.3, -0.25) is 0 Å². The third-order valence-electron chi connectivity index (χ3n) is 3.48. The fourth-order valence-corrected chi connectivity index (χ4v) is 2.62. The number of rotatable bonds is 3. The molecule has 0 radical (unpaired) electrons. The van der Waals surface area contributed by atoms with Crippen LogP contribution in [0.5, 0.6) is 0 Å². The molecule has 2 heterocycles. The van der Waals surface area contributed by atoms with Gasteiger partial charge in [0, 0.05) is 18.3 Å². The van der Waals surface area contributed by atoms with Crippen molar-refractivity contribution in [1.82, 2.24) is 15.3 Å². The van der Waals surface area contributed by atoms with Gasteiger partial charge in [0.25, 0.3) is 0 Å². The molecule has 4 heteroatoms. The Hall–Kier alpha value is -1.78. The van der Waals surface area contributed by atoms with Crippen molar-refractivity contribution < 1.29 is 4.74 Å². The minimum Gasteiger partial charge on any atom is -0.372 e. The Bertz CT molecular complexity index is 557. The van der Waals surface area contributed by atoms with Crippen molar-refractivity contribution >= 4 is 0 Å². The van der Waals surface area contributed by atoms with E-state index >= 15 is 0 Å². The summed E-state index contributed by atoms with van der Waals surface area (Å²) in [7, 11) is 1.95. The first kappa shape index (κ1) is 12.3. The van der Waals surface area contributed by atoms with Gasteiger partial charge in [0.2, 0.25) is 0 Å². The van der Waals surface area contributed by atoms with Gasteiger partial charge in [0.15, 0.2) is 0 Å². The number of nitrogens with one attached hydrogen (secondary N) is 1. The summed E-state index contributed by atoms with van der Waals surface area (Å²) in [5, 5.41) is 3.19.